The number of carbonyl (C=O) groups excluding carboxylic acids is 1. The Morgan fingerprint density at radius 2 is 1.76 bits per heavy atom. The lowest BCUT2D eigenvalue weighted by Gasteiger charge is -2.17. The maximum Gasteiger partial charge on any atom is 0.241 e. The smallest absolute Gasteiger partial charge is 0.241 e. The summed E-state index contributed by atoms with van der Waals surface area (Å²) < 4.78 is 38.5. The fourth-order valence-electron chi connectivity index (χ4n) is 2.75. The number of carbonyl (C=O) groups is 1. The van der Waals surface area contributed by atoms with Crippen molar-refractivity contribution in [2.24, 2.45) is 0 Å². The molecule has 29 heavy (non-hydrogen) atoms. The molecule has 0 radical (unpaired) electrons. The molecule has 1 aromatic heterocycles. The van der Waals surface area contributed by atoms with Crippen LogP contribution in [0.15, 0.2) is 82.3 Å². The topological polar surface area (TPSA) is 97.6 Å². The summed E-state index contributed by atoms with van der Waals surface area (Å²) in [5.41, 5.74) is 0.953. The Balaban J connectivity index is 1.71. The summed E-state index contributed by atoms with van der Waals surface area (Å²) in [5.74, 6) is 0.608. The van der Waals surface area contributed by atoms with E-state index in [9.17, 15) is 13.2 Å². The van der Waals surface area contributed by atoms with Crippen LogP contribution >= 0.6 is 0 Å². The van der Waals surface area contributed by atoms with Gasteiger partial charge >= 0.3 is 0 Å². The maximum absolute atomic E-state index is 12.8. The fourth-order valence-corrected chi connectivity index (χ4v) is 3.96. The SMILES string of the molecule is COc1ccc(S(=O)(=O)N[C@H](CC(=O)NCc2ccccc2)c2ccco2)cc1. The molecule has 1 amide bonds. The average molecular weight is 414 g/mol. The lowest BCUT2D eigenvalue weighted by atomic mass is 10.1. The number of hydrogen-bond acceptors (Lipinski definition) is 5. The number of amides is 1. The molecule has 2 N–H and O–H groups in total. The molecule has 0 saturated heterocycles. The molecule has 0 aliphatic carbocycles. The monoisotopic (exact) mass is 414 g/mol. The van der Waals surface area contributed by atoms with Crippen molar-refractivity contribution in [2.45, 2.75) is 23.9 Å². The first kappa shape index (κ1) is 20.6. The minimum Gasteiger partial charge on any atom is -0.497 e. The van der Waals surface area contributed by atoms with E-state index in [1.165, 1.54) is 25.5 Å². The van der Waals surface area contributed by atoms with Crippen molar-refractivity contribution in [3.05, 3.63) is 84.3 Å². The zero-order chi connectivity index (χ0) is 20.7. The summed E-state index contributed by atoms with van der Waals surface area (Å²) in [6, 6.07) is 17.9. The highest BCUT2D eigenvalue weighted by Crippen LogP contribution is 2.22. The largest absolute Gasteiger partial charge is 0.497 e. The quantitative estimate of drug-likeness (QED) is 0.561. The summed E-state index contributed by atoms with van der Waals surface area (Å²) in [6.45, 7) is 0.357. The van der Waals surface area contributed by atoms with Crippen LogP contribution in [0.2, 0.25) is 0 Å². The van der Waals surface area contributed by atoms with Crippen molar-refractivity contribution < 1.29 is 22.4 Å². The maximum atomic E-state index is 12.8. The molecule has 3 rings (SSSR count). The van der Waals surface area contributed by atoms with E-state index < -0.39 is 16.1 Å². The third kappa shape index (κ3) is 5.69. The van der Waals surface area contributed by atoms with Gasteiger partial charge in [0.05, 0.1) is 30.7 Å². The van der Waals surface area contributed by atoms with Crippen molar-refractivity contribution in [1.29, 1.82) is 0 Å². The Labute approximate surface area is 169 Å². The van der Waals surface area contributed by atoms with E-state index in [2.05, 4.69) is 10.0 Å². The first-order valence-corrected chi connectivity index (χ1v) is 10.5. The van der Waals surface area contributed by atoms with Gasteiger partial charge in [0.1, 0.15) is 11.5 Å². The number of sulfonamides is 1. The Bertz CT molecular complexity index is 1020. The van der Waals surface area contributed by atoms with Crippen molar-refractivity contribution in [3.63, 3.8) is 0 Å². The zero-order valence-electron chi connectivity index (χ0n) is 15.9. The molecule has 1 heterocycles. The molecule has 152 valence electrons. The van der Waals surface area contributed by atoms with Crippen molar-refractivity contribution >= 4 is 15.9 Å². The summed E-state index contributed by atoms with van der Waals surface area (Å²) in [4.78, 5) is 12.5. The van der Waals surface area contributed by atoms with Gasteiger partial charge in [-0.2, -0.15) is 4.72 Å². The van der Waals surface area contributed by atoms with Gasteiger partial charge in [-0.15, -0.1) is 0 Å². The first-order valence-electron chi connectivity index (χ1n) is 8.98. The molecule has 0 aliphatic rings. The first-order chi connectivity index (χ1) is 14.0. The third-order valence-corrected chi connectivity index (χ3v) is 5.76. The number of methoxy groups -OCH3 is 1. The van der Waals surface area contributed by atoms with Gasteiger partial charge in [-0.3, -0.25) is 4.79 Å². The van der Waals surface area contributed by atoms with Gasteiger partial charge in [0.25, 0.3) is 0 Å². The van der Waals surface area contributed by atoms with Crippen LogP contribution in [0, 0.1) is 0 Å². The van der Waals surface area contributed by atoms with Gasteiger partial charge in [-0.1, -0.05) is 30.3 Å². The molecule has 8 heteroatoms. The molecule has 2 aromatic carbocycles. The van der Waals surface area contributed by atoms with E-state index in [-0.39, 0.29) is 17.2 Å². The highest BCUT2D eigenvalue weighted by atomic mass is 32.2. The summed E-state index contributed by atoms with van der Waals surface area (Å²) in [5, 5.41) is 2.80. The van der Waals surface area contributed by atoms with E-state index in [0.717, 1.165) is 5.56 Å². The van der Waals surface area contributed by atoms with E-state index in [4.69, 9.17) is 9.15 Å². The van der Waals surface area contributed by atoms with Crippen LogP contribution in [0.4, 0.5) is 0 Å². The summed E-state index contributed by atoms with van der Waals surface area (Å²) in [6.07, 6.45) is 1.33. The standard InChI is InChI=1S/C21H22N2O5S/c1-27-17-9-11-18(12-10-17)29(25,26)23-19(20-8-5-13-28-20)14-21(24)22-15-16-6-3-2-4-7-16/h2-13,19,23H,14-15H2,1H3,(H,22,24)/t19-/m1/s1. The molecular formula is C21H22N2O5S. The lowest BCUT2D eigenvalue weighted by Crippen LogP contribution is -2.33. The average Bonchev–Trinajstić information content (AvgIpc) is 3.27. The summed E-state index contributed by atoms with van der Waals surface area (Å²) in [7, 11) is -2.37. The van der Waals surface area contributed by atoms with E-state index in [0.29, 0.717) is 18.1 Å². The van der Waals surface area contributed by atoms with Crippen molar-refractivity contribution in [3.8, 4) is 5.75 Å². The number of benzene rings is 2. The van der Waals surface area contributed by atoms with Crippen LogP contribution in [0.5, 0.6) is 5.75 Å². The van der Waals surface area contributed by atoms with Crippen LogP contribution in [0.25, 0.3) is 0 Å². The van der Waals surface area contributed by atoms with Crippen molar-refractivity contribution in [1.82, 2.24) is 10.0 Å². The Morgan fingerprint density at radius 1 is 1.03 bits per heavy atom. The highest BCUT2D eigenvalue weighted by Gasteiger charge is 2.25. The Kier molecular flexibility index (Phi) is 6.69. The molecule has 0 unspecified atom stereocenters. The van der Waals surface area contributed by atoms with Gasteiger partial charge in [0.15, 0.2) is 0 Å². The number of furan rings is 1. The number of ether oxygens (including phenoxy) is 1. The van der Waals surface area contributed by atoms with Crippen LogP contribution in [-0.2, 0) is 21.4 Å². The molecule has 7 nitrogen and oxygen atoms in total. The molecule has 1 atom stereocenters. The van der Waals surface area contributed by atoms with Gasteiger partial charge in [-0.05, 0) is 42.0 Å². The normalized spacial score (nSPS) is 12.3. The minimum absolute atomic E-state index is 0.0690. The number of rotatable bonds is 9. The third-order valence-electron chi connectivity index (χ3n) is 4.28. The molecule has 0 fully saturated rings. The molecule has 0 saturated carbocycles. The second kappa shape index (κ2) is 9.40. The van der Waals surface area contributed by atoms with Gasteiger partial charge in [0, 0.05) is 6.54 Å². The predicted octanol–water partition coefficient (Wildman–Crippen LogP) is 3.01. The second-order valence-corrected chi connectivity index (χ2v) is 8.05. The summed E-state index contributed by atoms with van der Waals surface area (Å²) >= 11 is 0. The van der Waals surface area contributed by atoms with Gasteiger partial charge < -0.3 is 14.5 Å². The molecule has 3 aromatic rings. The molecule has 0 aliphatic heterocycles. The zero-order valence-corrected chi connectivity index (χ0v) is 16.7. The minimum atomic E-state index is -3.87. The number of nitrogens with one attached hydrogen (secondary N) is 2. The van der Waals surface area contributed by atoms with Crippen LogP contribution in [0.1, 0.15) is 23.8 Å². The van der Waals surface area contributed by atoms with E-state index >= 15 is 0 Å². The fraction of sp³-hybridized carbons (Fsp3) is 0.190. The van der Waals surface area contributed by atoms with Crippen LogP contribution < -0.4 is 14.8 Å². The van der Waals surface area contributed by atoms with Gasteiger partial charge in [0.2, 0.25) is 15.9 Å². The molecule has 0 bridgehead atoms. The van der Waals surface area contributed by atoms with Crippen LogP contribution in [0.3, 0.4) is 0 Å². The van der Waals surface area contributed by atoms with Crippen molar-refractivity contribution in [2.75, 3.05) is 7.11 Å². The highest BCUT2D eigenvalue weighted by molar-refractivity contribution is 7.89. The van der Waals surface area contributed by atoms with Gasteiger partial charge in [-0.25, -0.2) is 8.42 Å². The van der Waals surface area contributed by atoms with E-state index in [1.54, 1.807) is 24.3 Å². The predicted molar refractivity (Wildman–Crippen MR) is 108 cm³/mol. The van der Waals surface area contributed by atoms with E-state index in [1.807, 2.05) is 30.3 Å². The molecular weight excluding hydrogens is 392 g/mol. The Morgan fingerprint density at radius 3 is 2.38 bits per heavy atom. The Hall–Kier alpha value is -3.10. The second-order valence-electron chi connectivity index (χ2n) is 6.33. The van der Waals surface area contributed by atoms with Crippen LogP contribution in [-0.4, -0.2) is 21.4 Å². The lowest BCUT2D eigenvalue weighted by molar-refractivity contribution is -0.121. The number of hydrogen-bond donors (Lipinski definition) is 2. The molecule has 0 spiro atoms.